The Morgan fingerprint density at radius 2 is 2.17 bits per heavy atom. The van der Waals surface area contributed by atoms with Crippen LogP contribution in [0.15, 0.2) is 30.9 Å². The van der Waals surface area contributed by atoms with E-state index in [1.807, 2.05) is 6.07 Å². The number of nitrogens with zero attached hydrogens (tertiary/aromatic N) is 4. The topological polar surface area (TPSA) is 78.4 Å². The number of methoxy groups -OCH3 is 2. The summed E-state index contributed by atoms with van der Waals surface area (Å²) in [5, 5.41) is 4.17. The Kier molecular flexibility index (Phi) is 5.44. The Morgan fingerprint density at radius 3 is 2.88 bits per heavy atom. The van der Waals surface area contributed by atoms with Crippen molar-refractivity contribution < 1.29 is 9.47 Å². The summed E-state index contributed by atoms with van der Waals surface area (Å²) in [5.74, 6) is 0.865. The molecule has 0 saturated carbocycles. The van der Waals surface area contributed by atoms with Gasteiger partial charge in [-0.15, -0.1) is 0 Å². The van der Waals surface area contributed by atoms with Crippen molar-refractivity contribution in [1.82, 2.24) is 19.7 Å². The van der Waals surface area contributed by atoms with Crippen molar-refractivity contribution in [3.05, 3.63) is 42.0 Å². The highest BCUT2D eigenvalue weighted by molar-refractivity contribution is 5.37. The number of ether oxygens (including phenoxy) is 2. The summed E-state index contributed by atoms with van der Waals surface area (Å²) in [7, 11) is 3.42. The van der Waals surface area contributed by atoms with Crippen LogP contribution in [0, 0.1) is 0 Å². The van der Waals surface area contributed by atoms with E-state index in [9.17, 15) is 0 Å². The molecule has 2 atom stereocenters. The van der Waals surface area contributed by atoms with Crippen LogP contribution in [0.25, 0.3) is 0 Å². The highest BCUT2D eigenvalue weighted by Crippen LogP contribution is 2.23. The van der Waals surface area contributed by atoms with Crippen LogP contribution in [0.5, 0.6) is 5.75 Å². The van der Waals surface area contributed by atoms with Gasteiger partial charge < -0.3 is 15.2 Å². The van der Waals surface area contributed by atoms with Crippen LogP contribution in [0.2, 0.25) is 0 Å². The maximum atomic E-state index is 6.10. The molecule has 130 valence electrons. The molecular weight excluding hydrogens is 306 g/mol. The SMILES string of the molecule is COc1ccc(CN2CCC(N)C(OC)C2)cc1Cn1cncn1. The van der Waals surface area contributed by atoms with E-state index in [1.165, 1.54) is 11.9 Å². The first-order valence-corrected chi connectivity index (χ1v) is 8.18. The minimum Gasteiger partial charge on any atom is -0.496 e. The monoisotopic (exact) mass is 331 g/mol. The third kappa shape index (κ3) is 3.92. The molecule has 0 amide bonds. The molecule has 0 radical (unpaired) electrons. The van der Waals surface area contributed by atoms with Crippen molar-refractivity contribution in [3.8, 4) is 5.75 Å². The highest BCUT2D eigenvalue weighted by Gasteiger charge is 2.26. The molecule has 0 bridgehead atoms. The molecule has 0 spiro atoms. The van der Waals surface area contributed by atoms with Crippen LogP contribution in [0.4, 0.5) is 0 Å². The smallest absolute Gasteiger partial charge is 0.137 e. The first-order chi connectivity index (χ1) is 11.7. The second-order valence-corrected chi connectivity index (χ2v) is 6.20. The fraction of sp³-hybridized carbons (Fsp3) is 0.529. The van der Waals surface area contributed by atoms with Gasteiger partial charge in [-0.25, -0.2) is 9.67 Å². The van der Waals surface area contributed by atoms with Crippen LogP contribution in [-0.2, 0) is 17.8 Å². The van der Waals surface area contributed by atoms with Gasteiger partial charge in [0.1, 0.15) is 18.4 Å². The van der Waals surface area contributed by atoms with E-state index in [2.05, 4.69) is 27.1 Å². The summed E-state index contributed by atoms with van der Waals surface area (Å²) in [6.45, 7) is 3.37. The summed E-state index contributed by atoms with van der Waals surface area (Å²) < 4.78 is 12.8. The molecule has 0 aliphatic carbocycles. The normalized spacial score (nSPS) is 21.8. The maximum absolute atomic E-state index is 6.10. The van der Waals surface area contributed by atoms with Gasteiger partial charge >= 0.3 is 0 Å². The summed E-state index contributed by atoms with van der Waals surface area (Å²) >= 11 is 0. The Bertz CT molecular complexity index is 646. The number of aromatic nitrogens is 3. The average molecular weight is 331 g/mol. The minimum absolute atomic E-state index is 0.103. The van der Waals surface area contributed by atoms with E-state index in [-0.39, 0.29) is 12.1 Å². The van der Waals surface area contributed by atoms with E-state index >= 15 is 0 Å². The lowest BCUT2D eigenvalue weighted by molar-refractivity contribution is 0.0140. The Labute approximate surface area is 142 Å². The second-order valence-electron chi connectivity index (χ2n) is 6.20. The van der Waals surface area contributed by atoms with E-state index in [0.29, 0.717) is 6.54 Å². The van der Waals surface area contributed by atoms with Crippen LogP contribution < -0.4 is 10.5 Å². The average Bonchev–Trinajstić information content (AvgIpc) is 3.10. The third-order valence-electron chi connectivity index (χ3n) is 4.55. The van der Waals surface area contributed by atoms with Crippen LogP contribution >= 0.6 is 0 Å². The van der Waals surface area contributed by atoms with Crippen molar-refractivity contribution in [1.29, 1.82) is 0 Å². The molecule has 1 saturated heterocycles. The van der Waals surface area contributed by atoms with Gasteiger partial charge in [0.05, 0.1) is 19.8 Å². The molecule has 1 fully saturated rings. The van der Waals surface area contributed by atoms with Crippen LogP contribution in [0.3, 0.4) is 0 Å². The molecule has 24 heavy (non-hydrogen) atoms. The highest BCUT2D eigenvalue weighted by atomic mass is 16.5. The fourth-order valence-electron chi connectivity index (χ4n) is 3.19. The van der Waals surface area contributed by atoms with Crippen molar-refractivity contribution in [2.45, 2.75) is 31.7 Å². The van der Waals surface area contributed by atoms with Gasteiger partial charge in [-0.3, -0.25) is 4.90 Å². The Balaban J connectivity index is 1.72. The predicted octanol–water partition coefficient (Wildman–Crippen LogP) is 0.883. The van der Waals surface area contributed by atoms with Gasteiger partial charge in [-0.2, -0.15) is 5.10 Å². The van der Waals surface area contributed by atoms with Gasteiger partial charge in [0.25, 0.3) is 0 Å². The van der Waals surface area contributed by atoms with Gasteiger partial charge in [0, 0.05) is 38.3 Å². The summed E-state index contributed by atoms with van der Waals surface area (Å²) in [6.07, 6.45) is 4.31. The number of hydrogen-bond donors (Lipinski definition) is 1. The molecule has 7 nitrogen and oxygen atoms in total. The molecule has 1 aliphatic rings. The number of nitrogens with two attached hydrogens (primary N) is 1. The molecule has 7 heteroatoms. The fourth-order valence-corrected chi connectivity index (χ4v) is 3.19. The predicted molar refractivity (Wildman–Crippen MR) is 90.8 cm³/mol. The van der Waals surface area contributed by atoms with Gasteiger partial charge in [-0.05, 0) is 24.1 Å². The van der Waals surface area contributed by atoms with Gasteiger partial charge in [0.15, 0.2) is 0 Å². The first kappa shape index (κ1) is 16.9. The maximum Gasteiger partial charge on any atom is 0.137 e. The minimum atomic E-state index is 0.103. The molecule has 3 rings (SSSR count). The molecule has 1 aliphatic heterocycles. The van der Waals surface area contributed by atoms with Crippen LogP contribution in [0.1, 0.15) is 17.5 Å². The zero-order valence-electron chi connectivity index (χ0n) is 14.3. The van der Waals surface area contributed by atoms with Gasteiger partial charge in [0.2, 0.25) is 0 Å². The van der Waals surface area contributed by atoms with Gasteiger partial charge in [-0.1, -0.05) is 6.07 Å². The second kappa shape index (κ2) is 7.74. The van der Waals surface area contributed by atoms with Crippen molar-refractivity contribution in [2.24, 2.45) is 5.73 Å². The Hall–Kier alpha value is -1.96. The lowest BCUT2D eigenvalue weighted by Crippen LogP contribution is -2.51. The number of likely N-dealkylation sites (tertiary alicyclic amines) is 1. The number of rotatable bonds is 6. The molecule has 2 heterocycles. The quantitative estimate of drug-likeness (QED) is 0.847. The molecule has 1 aromatic carbocycles. The molecular formula is C17H25N5O2. The lowest BCUT2D eigenvalue weighted by atomic mass is 10.0. The third-order valence-corrected chi connectivity index (χ3v) is 4.55. The van der Waals surface area contributed by atoms with E-state index in [1.54, 1.807) is 25.2 Å². The lowest BCUT2D eigenvalue weighted by Gasteiger charge is -2.36. The van der Waals surface area contributed by atoms with E-state index in [0.717, 1.165) is 37.4 Å². The van der Waals surface area contributed by atoms with Crippen molar-refractivity contribution >= 4 is 0 Å². The molecule has 2 N–H and O–H groups in total. The van der Waals surface area contributed by atoms with E-state index < -0.39 is 0 Å². The Morgan fingerprint density at radius 1 is 1.29 bits per heavy atom. The number of hydrogen-bond acceptors (Lipinski definition) is 6. The zero-order chi connectivity index (χ0) is 16.9. The molecule has 2 unspecified atom stereocenters. The standard InChI is InChI=1S/C17H25N5O2/c1-23-16-4-3-13(7-14(16)9-22-12-19-11-20-22)8-21-6-5-15(18)17(10-21)24-2/h3-4,7,11-12,15,17H,5-6,8-10,18H2,1-2H3. The largest absolute Gasteiger partial charge is 0.496 e. The molecule has 2 aromatic rings. The van der Waals surface area contributed by atoms with Crippen molar-refractivity contribution in [3.63, 3.8) is 0 Å². The van der Waals surface area contributed by atoms with E-state index in [4.69, 9.17) is 15.2 Å². The first-order valence-electron chi connectivity index (χ1n) is 8.18. The summed E-state index contributed by atoms with van der Waals surface area (Å²) in [4.78, 5) is 6.38. The summed E-state index contributed by atoms with van der Waals surface area (Å²) in [6, 6.07) is 6.44. The van der Waals surface area contributed by atoms with Crippen molar-refractivity contribution in [2.75, 3.05) is 27.3 Å². The summed E-state index contributed by atoms with van der Waals surface area (Å²) in [5.41, 5.74) is 8.44. The van der Waals surface area contributed by atoms with Crippen LogP contribution in [-0.4, -0.2) is 59.1 Å². The number of piperidine rings is 1. The zero-order valence-corrected chi connectivity index (χ0v) is 14.3. The molecule has 1 aromatic heterocycles. The number of benzene rings is 1.